The molecule has 1 aromatic carbocycles. The van der Waals surface area contributed by atoms with Crippen molar-refractivity contribution in [2.24, 2.45) is 5.92 Å². The fourth-order valence-corrected chi connectivity index (χ4v) is 2.23. The molecule has 0 amide bonds. The molecule has 2 atom stereocenters. The quantitative estimate of drug-likeness (QED) is 0.786. The summed E-state index contributed by atoms with van der Waals surface area (Å²) in [5.74, 6) is 0.727. The monoisotopic (exact) mass is 297 g/mol. The smallest absolute Gasteiger partial charge is 0.0175 e. The van der Waals surface area contributed by atoms with Crippen LogP contribution in [0.2, 0.25) is 0 Å². The van der Waals surface area contributed by atoms with Crippen LogP contribution in [0.1, 0.15) is 39.2 Å². The molecule has 17 heavy (non-hydrogen) atoms. The number of hydrogen-bond donors (Lipinski definition) is 1. The summed E-state index contributed by atoms with van der Waals surface area (Å²) in [6.45, 7) is 7.95. The van der Waals surface area contributed by atoms with Crippen LogP contribution in [0.15, 0.2) is 28.7 Å². The molecule has 0 saturated heterocycles. The van der Waals surface area contributed by atoms with E-state index in [2.05, 4.69) is 66.3 Å². The Labute approximate surface area is 114 Å². The van der Waals surface area contributed by atoms with Gasteiger partial charge >= 0.3 is 0 Å². The first-order valence-electron chi connectivity index (χ1n) is 6.65. The number of benzene rings is 1. The van der Waals surface area contributed by atoms with Crippen molar-refractivity contribution in [2.45, 2.75) is 46.1 Å². The van der Waals surface area contributed by atoms with Crippen molar-refractivity contribution in [3.8, 4) is 0 Å². The topological polar surface area (TPSA) is 12.0 Å². The molecule has 0 aliphatic carbocycles. The number of nitrogens with one attached hydrogen (secondary N) is 1. The predicted molar refractivity (Wildman–Crippen MR) is 79.4 cm³/mol. The highest BCUT2D eigenvalue weighted by molar-refractivity contribution is 9.10. The van der Waals surface area contributed by atoms with E-state index in [9.17, 15) is 0 Å². The van der Waals surface area contributed by atoms with Gasteiger partial charge in [0, 0.05) is 10.5 Å². The van der Waals surface area contributed by atoms with Crippen molar-refractivity contribution in [1.82, 2.24) is 5.32 Å². The van der Waals surface area contributed by atoms with Crippen LogP contribution in [0, 0.1) is 5.92 Å². The van der Waals surface area contributed by atoms with Crippen LogP contribution in [-0.4, -0.2) is 12.6 Å². The first-order chi connectivity index (χ1) is 8.17. The summed E-state index contributed by atoms with van der Waals surface area (Å²) >= 11 is 3.48. The Morgan fingerprint density at radius 1 is 1.18 bits per heavy atom. The third-order valence-electron chi connectivity index (χ3n) is 3.36. The van der Waals surface area contributed by atoms with Crippen molar-refractivity contribution in [1.29, 1.82) is 0 Å². The van der Waals surface area contributed by atoms with E-state index in [0.717, 1.165) is 23.4 Å². The molecular formula is C15H24BrN. The minimum atomic E-state index is 0.598. The second kappa shape index (κ2) is 7.88. The van der Waals surface area contributed by atoms with E-state index in [-0.39, 0.29) is 0 Å². The molecule has 1 aromatic rings. The van der Waals surface area contributed by atoms with Crippen molar-refractivity contribution in [3.05, 3.63) is 34.3 Å². The zero-order valence-electron chi connectivity index (χ0n) is 11.2. The molecule has 0 aliphatic rings. The van der Waals surface area contributed by atoms with E-state index in [1.54, 1.807) is 0 Å². The summed E-state index contributed by atoms with van der Waals surface area (Å²) in [4.78, 5) is 0. The first kappa shape index (κ1) is 14.7. The molecule has 0 saturated carbocycles. The SMILES string of the molecule is CCCNC(Cc1ccc(Br)cc1)C(C)CC. The molecule has 0 bridgehead atoms. The fourth-order valence-electron chi connectivity index (χ4n) is 1.96. The van der Waals surface area contributed by atoms with Gasteiger partial charge in [0.05, 0.1) is 0 Å². The van der Waals surface area contributed by atoms with Gasteiger partial charge in [-0.15, -0.1) is 0 Å². The first-order valence-corrected chi connectivity index (χ1v) is 7.44. The van der Waals surface area contributed by atoms with Gasteiger partial charge in [-0.3, -0.25) is 0 Å². The summed E-state index contributed by atoms with van der Waals surface area (Å²) in [6.07, 6.45) is 3.56. The fraction of sp³-hybridized carbons (Fsp3) is 0.600. The van der Waals surface area contributed by atoms with E-state index < -0.39 is 0 Å². The van der Waals surface area contributed by atoms with Gasteiger partial charge in [-0.05, 0) is 43.0 Å². The average molecular weight is 298 g/mol. The molecule has 1 N–H and O–H groups in total. The molecule has 2 heteroatoms. The average Bonchev–Trinajstić information content (AvgIpc) is 2.36. The van der Waals surface area contributed by atoms with Crippen LogP contribution in [0.4, 0.5) is 0 Å². The molecule has 0 fully saturated rings. The summed E-state index contributed by atoms with van der Waals surface area (Å²) in [6, 6.07) is 9.28. The number of halogens is 1. The standard InChI is InChI=1S/C15H24BrN/c1-4-10-17-15(12(3)5-2)11-13-6-8-14(16)9-7-13/h6-9,12,15,17H,4-5,10-11H2,1-3H3. The van der Waals surface area contributed by atoms with Crippen LogP contribution >= 0.6 is 15.9 Å². The minimum Gasteiger partial charge on any atom is -0.313 e. The Bertz CT molecular complexity index is 307. The minimum absolute atomic E-state index is 0.598. The Balaban J connectivity index is 2.61. The molecule has 0 heterocycles. The summed E-state index contributed by atoms with van der Waals surface area (Å²) < 4.78 is 1.16. The Morgan fingerprint density at radius 3 is 2.35 bits per heavy atom. The van der Waals surface area contributed by atoms with Crippen LogP contribution in [0.25, 0.3) is 0 Å². The van der Waals surface area contributed by atoms with Crippen LogP contribution in [0.3, 0.4) is 0 Å². The van der Waals surface area contributed by atoms with Crippen LogP contribution in [0.5, 0.6) is 0 Å². The maximum atomic E-state index is 3.67. The molecule has 2 unspecified atom stereocenters. The van der Waals surface area contributed by atoms with Crippen molar-refractivity contribution < 1.29 is 0 Å². The largest absolute Gasteiger partial charge is 0.313 e. The van der Waals surface area contributed by atoms with Crippen molar-refractivity contribution in [2.75, 3.05) is 6.54 Å². The molecule has 0 aliphatic heterocycles. The lowest BCUT2D eigenvalue weighted by Crippen LogP contribution is -2.37. The van der Waals surface area contributed by atoms with Crippen molar-refractivity contribution >= 4 is 15.9 Å². The third kappa shape index (κ3) is 5.22. The van der Waals surface area contributed by atoms with E-state index in [1.807, 2.05) is 0 Å². The second-order valence-electron chi connectivity index (χ2n) is 4.78. The molecule has 0 radical (unpaired) electrons. The van der Waals surface area contributed by atoms with Crippen molar-refractivity contribution in [3.63, 3.8) is 0 Å². The van der Waals surface area contributed by atoms with Gasteiger partial charge in [0.25, 0.3) is 0 Å². The molecule has 96 valence electrons. The highest BCUT2D eigenvalue weighted by Gasteiger charge is 2.15. The molecule has 1 nitrogen and oxygen atoms in total. The van der Waals surface area contributed by atoms with E-state index in [1.165, 1.54) is 18.4 Å². The van der Waals surface area contributed by atoms with Gasteiger partial charge in [0.15, 0.2) is 0 Å². The maximum Gasteiger partial charge on any atom is 0.0175 e. The zero-order valence-corrected chi connectivity index (χ0v) is 12.8. The van der Waals surface area contributed by atoms with Gasteiger partial charge in [0.1, 0.15) is 0 Å². The lowest BCUT2D eigenvalue weighted by Gasteiger charge is -2.24. The van der Waals surface area contributed by atoms with Gasteiger partial charge < -0.3 is 5.32 Å². The Kier molecular flexibility index (Phi) is 6.83. The second-order valence-corrected chi connectivity index (χ2v) is 5.69. The number of rotatable bonds is 7. The highest BCUT2D eigenvalue weighted by atomic mass is 79.9. The van der Waals surface area contributed by atoms with E-state index >= 15 is 0 Å². The maximum absolute atomic E-state index is 3.67. The zero-order chi connectivity index (χ0) is 12.7. The Hall–Kier alpha value is -0.340. The third-order valence-corrected chi connectivity index (χ3v) is 3.88. The van der Waals surface area contributed by atoms with Gasteiger partial charge in [-0.25, -0.2) is 0 Å². The lowest BCUT2D eigenvalue weighted by atomic mass is 9.93. The van der Waals surface area contributed by atoms with Crippen LogP contribution in [-0.2, 0) is 6.42 Å². The summed E-state index contributed by atoms with van der Waals surface area (Å²) in [5.41, 5.74) is 1.42. The summed E-state index contributed by atoms with van der Waals surface area (Å²) in [5, 5.41) is 3.67. The van der Waals surface area contributed by atoms with E-state index in [0.29, 0.717) is 6.04 Å². The normalized spacial score (nSPS) is 14.6. The van der Waals surface area contributed by atoms with E-state index in [4.69, 9.17) is 0 Å². The van der Waals surface area contributed by atoms with Gasteiger partial charge in [-0.2, -0.15) is 0 Å². The molecule has 0 spiro atoms. The molecule has 1 rings (SSSR count). The molecule has 0 aromatic heterocycles. The lowest BCUT2D eigenvalue weighted by molar-refractivity contribution is 0.365. The van der Waals surface area contributed by atoms with Crippen LogP contribution < -0.4 is 5.32 Å². The highest BCUT2D eigenvalue weighted by Crippen LogP contribution is 2.16. The summed E-state index contributed by atoms with van der Waals surface area (Å²) in [7, 11) is 0. The predicted octanol–water partition coefficient (Wildman–Crippen LogP) is 4.41. The number of hydrogen-bond acceptors (Lipinski definition) is 1. The Morgan fingerprint density at radius 2 is 1.82 bits per heavy atom. The van der Waals surface area contributed by atoms with Gasteiger partial charge in [-0.1, -0.05) is 55.3 Å². The van der Waals surface area contributed by atoms with Gasteiger partial charge in [0.2, 0.25) is 0 Å². The molecular weight excluding hydrogens is 274 g/mol.